The predicted molar refractivity (Wildman–Crippen MR) is 108 cm³/mol. The molecule has 26 heavy (non-hydrogen) atoms. The molecule has 1 unspecified atom stereocenters. The third kappa shape index (κ3) is 6.17. The van der Waals surface area contributed by atoms with Gasteiger partial charge < -0.3 is 15.4 Å². The van der Waals surface area contributed by atoms with Crippen molar-refractivity contribution in [3.8, 4) is 5.75 Å². The number of ether oxygens (including phenoxy) is 1. The van der Waals surface area contributed by atoms with Crippen molar-refractivity contribution in [1.29, 1.82) is 0 Å². The molecule has 1 atom stereocenters. The highest BCUT2D eigenvalue weighted by molar-refractivity contribution is 5.85. The molecule has 1 saturated carbocycles. The summed E-state index contributed by atoms with van der Waals surface area (Å²) in [5.41, 5.74) is 1.08. The van der Waals surface area contributed by atoms with E-state index in [1.54, 1.807) is 0 Å². The highest BCUT2D eigenvalue weighted by Crippen LogP contribution is 2.27. The summed E-state index contributed by atoms with van der Waals surface area (Å²) in [5, 5.41) is 6.49. The first kappa shape index (κ1) is 21.0. The zero-order chi connectivity index (χ0) is 17.5. The van der Waals surface area contributed by atoms with Gasteiger partial charge in [-0.25, -0.2) is 0 Å². The molecule has 146 valence electrons. The van der Waals surface area contributed by atoms with Crippen molar-refractivity contribution >= 4 is 18.3 Å². The molecule has 1 saturated heterocycles. The number of para-hydroxylation sites is 1. The Labute approximate surface area is 163 Å². The molecule has 1 amide bonds. The molecule has 1 aromatic rings. The summed E-state index contributed by atoms with van der Waals surface area (Å²) in [6.45, 7) is 4.94. The molecule has 2 aliphatic rings. The highest BCUT2D eigenvalue weighted by Gasteiger charge is 2.22. The van der Waals surface area contributed by atoms with Crippen LogP contribution in [-0.2, 0) is 11.3 Å². The topological polar surface area (TPSA) is 50.4 Å². The SMILES string of the molecule is CC(CC(=O)NCc1ccccc1OC1CCCC1)C1CCNCC1.Cl. The second kappa shape index (κ2) is 10.8. The maximum Gasteiger partial charge on any atom is 0.220 e. The molecule has 0 aromatic heterocycles. The standard InChI is InChI=1S/C21H32N2O2.ClH/c1-16(17-10-12-22-13-11-17)14-21(24)23-15-18-6-2-5-9-20(18)25-19-7-3-4-8-19;/h2,5-6,9,16-17,19,22H,3-4,7-8,10-15H2,1H3,(H,23,24);1H. The Morgan fingerprint density at radius 2 is 1.88 bits per heavy atom. The van der Waals surface area contributed by atoms with Crippen LogP contribution in [0.15, 0.2) is 24.3 Å². The van der Waals surface area contributed by atoms with Crippen LogP contribution in [0.5, 0.6) is 5.75 Å². The van der Waals surface area contributed by atoms with E-state index >= 15 is 0 Å². The van der Waals surface area contributed by atoms with Crippen LogP contribution in [-0.4, -0.2) is 25.1 Å². The van der Waals surface area contributed by atoms with Crippen LogP contribution in [0.4, 0.5) is 0 Å². The van der Waals surface area contributed by atoms with Gasteiger partial charge in [-0.2, -0.15) is 0 Å². The molecule has 4 nitrogen and oxygen atoms in total. The molecule has 0 spiro atoms. The molecule has 1 aliphatic heterocycles. The van der Waals surface area contributed by atoms with Gasteiger partial charge in [-0.3, -0.25) is 4.79 Å². The number of rotatable bonds is 7. The maximum absolute atomic E-state index is 12.4. The molecular weight excluding hydrogens is 348 g/mol. The average molecular weight is 381 g/mol. The second-order valence-corrected chi connectivity index (χ2v) is 7.68. The third-order valence-electron chi connectivity index (χ3n) is 5.74. The molecular formula is C21H33ClN2O2. The van der Waals surface area contributed by atoms with Gasteiger partial charge in [0.2, 0.25) is 5.91 Å². The van der Waals surface area contributed by atoms with E-state index in [0.717, 1.165) is 37.2 Å². The summed E-state index contributed by atoms with van der Waals surface area (Å²) in [6, 6.07) is 8.10. The van der Waals surface area contributed by atoms with Gasteiger partial charge in [-0.1, -0.05) is 25.1 Å². The summed E-state index contributed by atoms with van der Waals surface area (Å²) in [5.74, 6) is 2.21. The first-order valence-corrected chi connectivity index (χ1v) is 9.94. The van der Waals surface area contributed by atoms with E-state index in [-0.39, 0.29) is 18.3 Å². The van der Waals surface area contributed by atoms with Crippen LogP contribution in [0.2, 0.25) is 0 Å². The van der Waals surface area contributed by atoms with E-state index in [9.17, 15) is 4.79 Å². The summed E-state index contributed by atoms with van der Waals surface area (Å²) in [4.78, 5) is 12.4. The summed E-state index contributed by atoms with van der Waals surface area (Å²) >= 11 is 0. The number of amides is 1. The summed E-state index contributed by atoms with van der Waals surface area (Å²) in [7, 11) is 0. The summed E-state index contributed by atoms with van der Waals surface area (Å²) < 4.78 is 6.16. The van der Waals surface area contributed by atoms with Gasteiger partial charge in [-0.15, -0.1) is 12.4 Å². The number of benzene rings is 1. The van der Waals surface area contributed by atoms with Crippen molar-refractivity contribution in [1.82, 2.24) is 10.6 Å². The molecule has 2 fully saturated rings. The van der Waals surface area contributed by atoms with Crippen molar-refractivity contribution in [3.63, 3.8) is 0 Å². The van der Waals surface area contributed by atoms with Crippen LogP contribution in [0.3, 0.4) is 0 Å². The minimum absolute atomic E-state index is 0. The lowest BCUT2D eigenvalue weighted by Gasteiger charge is -2.27. The van der Waals surface area contributed by atoms with Gasteiger partial charge in [0, 0.05) is 18.5 Å². The lowest BCUT2D eigenvalue weighted by molar-refractivity contribution is -0.122. The number of nitrogens with one attached hydrogen (secondary N) is 2. The Kier molecular flexibility index (Phi) is 8.73. The number of carbonyl (C=O) groups excluding carboxylic acids is 1. The van der Waals surface area contributed by atoms with Crippen molar-refractivity contribution in [2.45, 2.75) is 64.5 Å². The molecule has 1 aliphatic carbocycles. The normalized spacial score (nSPS) is 19.6. The van der Waals surface area contributed by atoms with E-state index in [0.29, 0.717) is 30.9 Å². The van der Waals surface area contributed by atoms with Gasteiger partial charge in [0.05, 0.1) is 6.10 Å². The predicted octanol–water partition coefficient (Wildman–Crippen LogP) is 4.07. The van der Waals surface area contributed by atoms with Gasteiger partial charge in [-0.05, 0) is 69.5 Å². The lowest BCUT2D eigenvalue weighted by Crippen LogP contribution is -2.33. The number of hydrogen-bond donors (Lipinski definition) is 2. The van der Waals surface area contributed by atoms with Crippen molar-refractivity contribution < 1.29 is 9.53 Å². The highest BCUT2D eigenvalue weighted by atomic mass is 35.5. The summed E-state index contributed by atoms with van der Waals surface area (Å²) in [6.07, 6.45) is 8.16. The Morgan fingerprint density at radius 3 is 2.62 bits per heavy atom. The van der Waals surface area contributed by atoms with Gasteiger partial charge >= 0.3 is 0 Å². The van der Waals surface area contributed by atoms with Crippen molar-refractivity contribution in [2.24, 2.45) is 11.8 Å². The molecule has 5 heteroatoms. The van der Waals surface area contributed by atoms with Gasteiger partial charge in [0.15, 0.2) is 0 Å². The minimum atomic E-state index is 0. The fraction of sp³-hybridized carbons (Fsp3) is 0.667. The Morgan fingerprint density at radius 1 is 1.19 bits per heavy atom. The quantitative estimate of drug-likeness (QED) is 0.749. The minimum Gasteiger partial charge on any atom is -0.490 e. The van der Waals surface area contributed by atoms with Crippen LogP contribution >= 0.6 is 12.4 Å². The lowest BCUT2D eigenvalue weighted by atomic mass is 9.84. The molecule has 1 heterocycles. The third-order valence-corrected chi connectivity index (χ3v) is 5.74. The Bertz CT molecular complexity index is 555. The van der Waals surface area contributed by atoms with E-state index in [1.165, 1.54) is 25.7 Å². The van der Waals surface area contributed by atoms with Crippen LogP contribution in [0, 0.1) is 11.8 Å². The van der Waals surface area contributed by atoms with Crippen LogP contribution < -0.4 is 15.4 Å². The fourth-order valence-corrected chi connectivity index (χ4v) is 4.09. The Hall–Kier alpha value is -1.26. The van der Waals surface area contributed by atoms with E-state index in [4.69, 9.17) is 4.74 Å². The Balaban J connectivity index is 0.00000243. The second-order valence-electron chi connectivity index (χ2n) is 7.68. The van der Waals surface area contributed by atoms with Crippen molar-refractivity contribution in [2.75, 3.05) is 13.1 Å². The van der Waals surface area contributed by atoms with E-state index in [2.05, 4.69) is 23.6 Å². The number of carbonyl (C=O) groups is 1. The molecule has 0 bridgehead atoms. The van der Waals surface area contributed by atoms with Gasteiger partial charge in [0.25, 0.3) is 0 Å². The zero-order valence-electron chi connectivity index (χ0n) is 15.8. The largest absolute Gasteiger partial charge is 0.490 e. The van der Waals surface area contributed by atoms with E-state index < -0.39 is 0 Å². The number of piperidine rings is 1. The fourth-order valence-electron chi connectivity index (χ4n) is 4.09. The van der Waals surface area contributed by atoms with Crippen LogP contribution in [0.1, 0.15) is 57.4 Å². The monoisotopic (exact) mass is 380 g/mol. The molecule has 1 aromatic carbocycles. The molecule has 2 N–H and O–H groups in total. The van der Waals surface area contributed by atoms with Crippen LogP contribution in [0.25, 0.3) is 0 Å². The zero-order valence-corrected chi connectivity index (χ0v) is 16.7. The first-order chi connectivity index (χ1) is 12.2. The number of halogens is 1. The van der Waals surface area contributed by atoms with E-state index in [1.807, 2.05) is 18.2 Å². The first-order valence-electron chi connectivity index (χ1n) is 9.94. The number of hydrogen-bond acceptors (Lipinski definition) is 3. The smallest absolute Gasteiger partial charge is 0.220 e. The average Bonchev–Trinajstić information content (AvgIpc) is 3.15. The molecule has 3 rings (SSSR count). The molecule has 0 radical (unpaired) electrons. The maximum atomic E-state index is 12.4. The van der Waals surface area contributed by atoms with Gasteiger partial charge in [0.1, 0.15) is 5.75 Å². The van der Waals surface area contributed by atoms with Crippen molar-refractivity contribution in [3.05, 3.63) is 29.8 Å².